The molecule has 150 valence electrons. The van der Waals surface area contributed by atoms with Crippen molar-refractivity contribution in [2.24, 2.45) is 0 Å². The van der Waals surface area contributed by atoms with Crippen molar-refractivity contribution in [1.29, 1.82) is 0 Å². The normalized spacial score (nSPS) is 15.2. The molecule has 0 unspecified atom stereocenters. The van der Waals surface area contributed by atoms with Crippen LogP contribution in [0.1, 0.15) is 11.1 Å². The average Bonchev–Trinajstić information content (AvgIpc) is 2.98. The first-order chi connectivity index (χ1) is 14.5. The summed E-state index contributed by atoms with van der Waals surface area (Å²) < 4.78 is 5.82. The topological polar surface area (TPSA) is 32.8 Å². The molecule has 1 saturated heterocycles. The number of para-hydroxylation sites is 1. The van der Waals surface area contributed by atoms with E-state index >= 15 is 0 Å². The Morgan fingerprint density at radius 2 is 1.63 bits per heavy atom. The Balaban J connectivity index is 1.50. The molecule has 30 heavy (non-hydrogen) atoms. The monoisotopic (exact) mass is 434 g/mol. The molecule has 0 bridgehead atoms. The predicted octanol–water partition coefficient (Wildman–Crippen LogP) is 5.52. The summed E-state index contributed by atoms with van der Waals surface area (Å²) in [4.78, 5) is 16.3. The molecule has 0 aromatic heterocycles. The maximum absolute atomic E-state index is 13.0. The van der Waals surface area contributed by atoms with Crippen LogP contribution < -0.4 is 9.64 Å². The smallest absolute Gasteiger partial charge is 0.281 e. The van der Waals surface area contributed by atoms with Crippen LogP contribution in [-0.2, 0) is 11.4 Å². The second kappa shape index (κ2) is 8.69. The first-order valence-electron chi connectivity index (χ1n) is 9.40. The third kappa shape index (κ3) is 4.08. The summed E-state index contributed by atoms with van der Waals surface area (Å²) in [6, 6.07) is 24.6. The van der Waals surface area contributed by atoms with Gasteiger partial charge in [-0.05, 0) is 54.2 Å². The molecule has 1 aliphatic rings. The number of ether oxygens (including phenoxy) is 1. The van der Waals surface area contributed by atoms with E-state index in [1.807, 2.05) is 84.9 Å². The third-order valence-corrected chi connectivity index (χ3v) is 5.64. The Kier molecular flexibility index (Phi) is 5.84. The minimum absolute atomic E-state index is 0.146. The molecule has 0 spiro atoms. The van der Waals surface area contributed by atoms with Crippen molar-refractivity contribution in [1.82, 2.24) is 4.90 Å². The van der Waals surface area contributed by atoms with Crippen LogP contribution in [-0.4, -0.2) is 23.0 Å². The first-order valence-corrected chi connectivity index (χ1v) is 10.2. The van der Waals surface area contributed by atoms with Crippen LogP contribution in [0.3, 0.4) is 0 Å². The number of carbonyl (C=O) groups excluding carboxylic acids is 1. The second-order valence-corrected chi connectivity index (χ2v) is 7.57. The van der Waals surface area contributed by atoms with Gasteiger partial charge in [0.25, 0.3) is 5.91 Å². The van der Waals surface area contributed by atoms with Gasteiger partial charge in [0, 0.05) is 17.6 Å². The van der Waals surface area contributed by atoms with Gasteiger partial charge in [0.05, 0.1) is 5.69 Å². The molecule has 3 aromatic carbocycles. The minimum atomic E-state index is -0.146. The first kappa shape index (κ1) is 20.1. The predicted molar refractivity (Wildman–Crippen MR) is 124 cm³/mol. The van der Waals surface area contributed by atoms with E-state index in [0.717, 1.165) is 22.6 Å². The zero-order valence-corrected chi connectivity index (χ0v) is 17.9. The zero-order chi connectivity index (χ0) is 21.1. The van der Waals surface area contributed by atoms with Crippen molar-refractivity contribution in [3.63, 3.8) is 0 Å². The molecular formula is C24H19ClN2O2S. The van der Waals surface area contributed by atoms with E-state index in [1.54, 1.807) is 16.8 Å². The van der Waals surface area contributed by atoms with E-state index in [1.165, 1.54) is 0 Å². The fourth-order valence-electron chi connectivity index (χ4n) is 3.16. The van der Waals surface area contributed by atoms with Gasteiger partial charge in [-0.2, -0.15) is 0 Å². The third-order valence-electron chi connectivity index (χ3n) is 4.81. The number of benzene rings is 3. The fourth-order valence-corrected chi connectivity index (χ4v) is 3.63. The number of thiocarbonyl (C=S) groups is 1. The summed E-state index contributed by atoms with van der Waals surface area (Å²) in [5.41, 5.74) is 3.09. The van der Waals surface area contributed by atoms with E-state index in [-0.39, 0.29) is 5.91 Å². The number of carbonyl (C=O) groups is 1. The Morgan fingerprint density at radius 1 is 0.967 bits per heavy atom. The maximum atomic E-state index is 13.0. The Morgan fingerprint density at radius 3 is 2.33 bits per heavy atom. The number of nitrogens with zero attached hydrogens (tertiary/aromatic N) is 2. The Labute approximate surface area is 185 Å². The summed E-state index contributed by atoms with van der Waals surface area (Å²) in [7, 11) is 1.80. The number of halogens is 1. The quantitative estimate of drug-likeness (QED) is 0.391. The molecule has 4 rings (SSSR count). The highest BCUT2D eigenvalue weighted by Crippen LogP contribution is 2.28. The fraction of sp³-hybridized carbons (Fsp3) is 0.0833. The molecule has 0 atom stereocenters. The second-order valence-electron chi connectivity index (χ2n) is 6.80. The number of rotatable bonds is 5. The number of likely N-dealkylation sites (N-methyl/N-ethyl adjacent to an activating group) is 1. The molecule has 1 fully saturated rings. The van der Waals surface area contributed by atoms with Crippen LogP contribution in [0, 0.1) is 0 Å². The highest BCUT2D eigenvalue weighted by Gasteiger charge is 2.36. The van der Waals surface area contributed by atoms with Gasteiger partial charge in [0.2, 0.25) is 0 Å². The number of hydrogen-bond donors (Lipinski definition) is 0. The van der Waals surface area contributed by atoms with Crippen molar-refractivity contribution in [2.75, 3.05) is 11.9 Å². The molecule has 0 N–H and O–H groups in total. The molecule has 0 saturated carbocycles. The van der Waals surface area contributed by atoms with Crippen LogP contribution in [0.15, 0.2) is 84.6 Å². The maximum Gasteiger partial charge on any atom is 0.281 e. The van der Waals surface area contributed by atoms with Crippen molar-refractivity contribution >= 4 is 46.6 Å². The summed E-state index contributed by atoms with van der Waals surface area (Å²) in [5.74, 6) is 0.581. The van der Waals surface area contributed by atoms with Gasteiger partial charge >= 0.3 is 0 Å². The number of amides is 1. The lowest BCUT2D eigenvalue weighted by molar-refractivity contribution is -0.114. The van der Waals surface area contributed by atoms with Crippen LogP contribution in [0.4, 0.5) is 5.69 Å². The van der Waals surface area contributed by atoms with E-state index in [9.17, 15) is 4.79 Å². The van der Waals surface area contributed by atoms with Crippen LogP contribution in [0.5, 0.6) is 5.75 Å². The molecule has 6 heteroatoms. The van der Waals surface area contributed by atoms with Gasteiger partial charge in [-0.1, -0.05) is 60.1 Å². The summed E-state index contributed by atoms with van der Waals surface area (Å²) in [6.07, 6.45) is 1.83. The molecular weight excluding hydrogens is 416 g/mol. The van der Waals surface area contributed by atoms with E-state index in [4.69, 9.17) is 28.6 Å². The van der Waals surface area contributed by atoms with Crippen LogP contribution in [0.25, 0.3) is 6.08 Å². The molecule has 1 amide bonds. The van der Waals surface area contributed by atoms with Gasteiger partial charge in [-0.15, -0.1) is 0 Å². The molecule has 1 aliphatic heterocycles. The SMILES string of the molecule is CN1C(=S)N(c2ccccc2)C(=O)/C1=C/c1ccc(OCc2ccccc2Cl)cc1. The van der Waals surface area contributed by atoms with Gasteiger partial charge < -0.3 is 9.64 Å². The molecule has 0 radical (unpaired) electrons. The van der Waals surface area contributed by atoms with Crippen molar-refractivity contribution < 1.29 is 9.53 Å². The minimum Gasteiger partial charge on any atom is -0.489 e. The van der Waals surface area contributed by atoms with E-state index in [0.29, 0.717) is 22.4 Å². The highest BCUT2D eigenvalue weighted by atomic mass is 35.5. The Hall–Kier alpha value is -3.15. The van der Waals surface area contributed by atoms with Gasteiger partial charge in [0.15, 0.2) is 5.11 Å². The van der Waals surface area contributed by atoms with Crippen LogP contribution in [0.2, 0.25) is 5.02 Å². The highest BCUT2D eigenvalue weighted by molar-refractivity contribution is 7.80. The van der Waals surface area contributed by atoms with Crippen molar-refractivity contribution in [2.45, 2.75) is 6.61 Å². The van der Waals surface area contributed by atoms with Crippen LogP contribution >= 0.6 is 23.8 Å². The summed E-state index contributed by atoms with van der Waals surface area (Å²) in [6.45, 7) is 0.391. The standard InChI is InChI=1S/C24H19ClN2O2S/c1-26-22(23(28)27(24(26)30)19-8-3-2-4-9-19)15-17-11-13-20(14-12-17)29-16-18-7-5-6-10-21(18)25/h2-15H,16H2,1H3/b22-15-. The lowest BCUT2D eigenvalue weighted by atomic mass is 10.1. The van der Waals surface area contributed by atoms with Gasteiger partial charge in [-0.3, -0.25) is 9.69 Å². The van der Waals surface area contributed by atoms with Gasteiger partial charge in [-0.25, -0.2) is 0 Å². The lowest BCUT2D eigenvalue weighted by Crippen LogP contribution is -2.30. The molecule has 3 aromatic rings. The zero-order valence-electron chi connectivity index (χ0n) is 16.3. The molecule has 1 heterocycles. The average molecular weight is 435 g/mol. The van der Waals surface area contributed by atoms with Gasteiger partial charge in [0.1, 0.15) is 18.1 Å². The molecule has 4 nitrogen and oxygen atoms in total. The Bertz CT molecular complexity index is 1110. The summed E-state index contributed by atoms with van der Waals surface area (Å²) in [5, 5.41) is 1.14. The summed E-state index contributed by atoms with van der Waals surface area (Å²) >= 11 is 11.7. The lowest BCUT2D eigenvalue weighted by Gasteiger charge is -2.16. The number of hydrogen-bond acceptors (Lipinski definition) is 3. The number of anilines is 1. The van der Waals surface area contributed by atoms with Crippen molar-refractivity contribution in [3.8, 4) is 5.75 Å². The van der Waals surface area contributed by atoms with E-state index in [2.05, 4.69) is 0 Å². The molecule has 0 aliphatic carbocycles. The van der Waals surface area contributed by atoms with E-state index < -0.39 is 0 Å². The largest absolute Gasteiger partial charge is 0.489 e. The van der Waals surface area contributed by atoms with Crippen molar-refractivity contribution in [3.05, 3.63) is 101 Å².